The summed E-state index contributed by atoms with van der Waals surface area (Å²) in [6, 6.07) is 9.37. The van der Waals surface area contributed by atoms with Gasteiger partial charge in [0.15, 0.2) is 5.76 Å². The zero-order chi connectivity index (χ0) is 15.0. The monoisotopic (exact) mass is 283 g/mol. The van der Waals surface area contributed by atoms with Crippen molar-refractivity contribution in [2.45, 2.75) is 6.92 Å². The van der Waals surface area contributed by atoms with Crippen molar-refractivity contribution in [3.8, 4) is 17.4 Å². The molecule has 6 heteroatoms. The summed E-state index contributed by atoms with van der Waals surface area (Å²) in [5.41, 5.74) is 2.83. The van der Waals surface area contributed by atoms with E-state index < -0.39 is 5.97 Å². The van der Waals surface area contributed by atoms with Crippen molar-refractivity contribution in [2.24, 2.45) is 5.92 Å². The minimum absolute atomic E-state index is 0.354. The number of carboxylic acids is 1. The third kappa shape index (κ3) is 2.34. The number of benzene rings is 1. The van der Waals surface area contributed by atoms with Gasteiger partial charge in [-0.2, -0.15) is 5.26 Å². The van der Waals surface area contributed by atoms with E-state index >= 15 is 0 Å². The smallest absolute Gasteiger partial charge is 0.310 e. The van der Waals surface area contributed by atoms with Crippen LogP contribution < -0.4 is 4.90 Å². The van der Waals surface area contributed by atoms with Gasteiger partial charge in [0.1, 0.15) is 6.07 Å². The number of aliphatic carboxylic acids is 1. The van der Waals surface area contributed by atoms with Crippen LogP contribution in [0.3, 0.4) is 0 Å². The molecule has 0 bridgehead atoms. The van der Waals surface area contributed by atoms with Gasteiger partial charge in [-0.05, 0) is 25.1 Å². The maximum atomic E-state index is 10.8. The van der Waals surface area contributed by atoms with E-state index in [1.807, 2.05) is 24.0 Å². The first-order valence-corrected chi connectivity index (χ1v) is 6.54. The Hall–Kier alpha value is -2.81. The SMILES string of the molecule is Cc1cc(-c2ccc(N3CC(C(=O)O)C3)c(C#N)c2)on1. The lowest BCUT2D eigenvalue weighted by Crippen LogP contribution is -2.50. The summed E-state index contributed by atoms with van der Waals surface area (Å²) < 4.78 is 5.19. The molecule has 2 aromatic rings. The molecule has 0 saturated carbocycles. The zero-order valence-corrected chi connectivity index (χ0v) is 11.4. The first-order chi connectivity index (χ1) is 10.1. The van der Waals surface area contributed by atoms with Gasteiger partial charge in [0.05, 0.1) is 22.9 Å². The van der Waals surface area contributed by atoms with Gasteiger partial charge in [0.25, 0.3) is 0 Å². The highest BCUT2D eigenvalue weighted by Crippen LogP contribution is 2.31. The first-order valence-electron chi connectivity index (χ1n) is 6.54. The fourth-order valence-corrected chi connectivity index (χ4v) is 2.39. The molecule has 1 saturated heterocycles. The van der Waals surface area contributed by atoms with Crippen LogP contribution in [-0.4, -0.2) is 29.3 Å². The average Bonchev–Trinajstić information content (AvgIpc) is 2.83. The van der Waals surface area contributed by atoms with E-state index in [2.05, 4.69) is 11.2 Å². The van der Waals surface area contributed by atoms with E-state index in [0.29, 0.717) is 24.4 Å². The number of hydrogen-bond acceptors (Lipinski definition) is 5. The van der Waals surface area contributed by atoms with E-state index in [1.165, 1.54) is 0 Å². The molecule has 2 heterocycles. The first kappa shape index (κ1) is 13.2. The van der Waals surface area contributed by atoms with Gasteiger partial charge in [0.2, 0.25) is 0 Å². The average molecular weight is 283 g/mol. The highest BCUT2D eigenvalue weighted by Gasteiger charge is 2.33. The molecule has 1 N–H and O–H groups in total. The number of aromatic nitrogens is 1. The van der Waals surface area contributed by atoms with Crippen LogP contribution in [0.4, 0.5) is 5.69 Å². The minimum Gasteiger partial charge on any atom is -0.481 e. The van der Waals surface area contributed by atoms with Crippen molar-refractivity contribution in [3.63, 3.8) is 0 Å². The topological polar surface area (TPSA) is 90.4 Å². The lowest BCUT2D eigenvalue weighted by Gasteiger charge is -2.39. The fraction of sp³-hybridized carbons (Fsp3) is 0.267. The molecule has 1 aliphatic rings. The van der Waals surface area contributed by atoms with Crippen molar-refractivity contribution < 1.29 is 14.4 Å². The second-order valence-corrected chi connectivity index (χ2v) is 5.12. The zero-order valence-electron chi connectivity index (χ0n) is 11.4. The molecule has 0 atom stereocenters. The number of anilines is 1. The van der Waals surface area contributed by atoms with Crippen molar-refractivity contribution in [2.75, 3.05) is 18.0 Å². The van der Waals surface area contributed by atoms with Crippen LogP contribution >= 0.6 is 0 Å². The lowest BCUT2D eigenvalue weighted by molar-refractivity contribution is -0.142. The fourth-order valence-electron chi connectivity index (χ4n) is 2.39. The molecule has 0 aliphatic carbocycles. The third-order valence-electron chi connectivity index (χ3n) is 3.60. The summed E-state index contributed by atoms with van der Waals surface area (Å²) in [5, 5.41) is 22.0. The van der Waals surface area contributed by atoms with E-state index in [9.17, 15) is 10.1 Å². The minimum atomic E-state index is -0.793. The van der Waals surface area contributed by atoms with Gasteiger partial charge in [-0.25, -0.2) is 0 Å². The normalized spacial score (nSPS) is 14.6. The Labute approximate surface area is 121 Å². The van der Waals surface area contributed by atoms with Crippen molar-refractivity contribution >= 4 is 11.7 Å². The third-order valence-corrected chi connectivity index (χ3v) is 3.60. The maximum absolute atomic E-state index is 10.8. The van der Waals surface area contributed by atoms with Gasteiger partial charge >= 0.3 is 5.97 Å². The Kier molecular flexibility index (Phi) is 3.10. The van der Waals surface area contributed by atoms with Crippen LogP contribution in [0.2, 0.25) is 0 Å². The Morgan fingerprint density at radius 2 is 2.24 bits per heavy atom. The highest BCUT2D eigenvalue weighted by atomic mass is 16.5. The van der Waals surface area contributed by atoms with Crippen LogP contribution in [0, 0.1) is 24.2 Å². The van der Waals surface area contributed by atoms with Gasteiger partial charge in [0, 0.05) is 24.7 Å². The summed E-state index contributed by atoms with van der Waals surface area (Å²) in [6.45, 7) is 2.70. The van der Waals surface area contributed by atoms with Crippen LogP contribution in [0.1, 0.15) is 11.3 Å². The van der Waals surface area contributed by atoms with E-state index in [0.717, 1.165) is 16.9 Å². The Bertz CT molecular complexity index is 739. The molecule has 1 aliphatic heterocycles. The maximum Gasteiger partial charge on any atom is 0.310 e. The van der Waals surface area contributed by atoms with Crippen LogP contribution in [0.25, 0.3) is 11.3 Å². The van der Waals surface area contributed by atoms with Gasteiger partial charge in [-0.15, -0.1) is 0 Å². The van der Waals surface area contributed by atoms with Crippen molar-refractivity contribution in [1.82, 2.24) is 5.16 Å². The lowest BCUT2D eigenvalue weighted by atomic mass is 9.97. The Morgan fingerprint density at radius 1 is 1.48 bits per heavy atom. The number of aryl methyl sites for hydroxylation is 1. The van der Waals surface area contributed by atoms with Crippen LogP contribution in [0.5, 0.6) is 0 Å². The Morgan fingerprint density at radius 3 is 2.81 bits per heavy atom. The molecular weight excluding hydrogens is 270 g/mol. The number of rotatable bonds is 3. The summed E-state index contributed by atoms with van der Waals surface area (Å²) in [5.74, 6) is -0.533. The summed E-state index contributed by atoms with van der Waals surface area (Å²) in [4.78, 5) is 12.7. The molecule has 1 aromatic heterocycles. The van der Waals surface area contributed by atoms with Crippen LogP contribution in [0.15, 0.2) is 28.8 Å². The van der Waals surface area contributed by atoms with E-state index in [4.69, 9.17) is 9.63 Å². The molecule has 106 valence electrons. The van der Waals surface area contributed by atoms with Crippen LogP contribution in [-0.2, 0) is 4.79 Å². The second kappa shape index (κ2) is 4.94. The molecule has 0 radical (unpaired) electrons. The number of hydrogen-bond donors (Lipinski definition) is 1. The van der Waals surface area contributed by atoms with Crippen molar-refractivity contribution in [1.29, 1.82) is 5.26 Å². The molecule has 3 rings (SSSR count). The quantitative estimate of drug-likeness (QED) is 0.927. The number of carboxylic acid groups (broad SMARTS) is 1. The highest BCUT2D eigenvalue weighted by molar-refractivity contribution is 5.76. The molecular formula is C15H13N3O3. The van der Waals surface area contributed by atoms with Gasteiger partial charge in [-0.1, -0.05) is 5.16 Å². The second-order valence-electron chi connectivity index (χ2n) is 5.12. The largest absolute Gasteiger partial charge is 0.481 e. The summed E-state index contributed by atoms with van der Waals surface area (Å²) in [6.07, 6.45) is 0. The summed E-state index contributed by atoms with van der Waals surface area (Å²) >= 11 is 0. The van der Waals surface area contributed by atoms with Crippen molar-refractivity contribution in [3.05, 3.63) is 35.5 Å². The molecule has 1 fully saturated rings. The number of nitriles is 1. The molecule has 0 unspecified atom stereocenters. The van der Waals surface area contributed by atoms with E-state index in [1.54, 1.807) is 12.1 Å². The molecule has 1 aromatic carbocycles. The van der Waals surface area contributed by atoms with Gasteiger partial charge < -0.3 is 14.5 Å². The number of carbonyl (C=O) groups is 1. The standard InChI is InChI=1S/C15H13N3O3/c1-9-4-14(21-17-9)10-2-3-13(11(5-10)6-16)18-7-12(8-18)15(19)20/h2-5,12H,7-8H2,1H3,(H,19,20). The van der Waals surface area contributed by atoms with E-state index in [-0.39, 0.29) is 5.92 Å². The molecule has 6 nitrogen and oxygen atoms in total. The summed E-state index contributed by atoms with van der Waals surface area (Å²) in [7, 11) is 0. The molecule has 21 heavy (non-hydrogen) atoms. The Balaban J connectivity index is 1.87. The number of nitrogens with zero attached hydrogens (tertiary/aromatic N) is 3. The molecule has 0 spiro atoms. The predicted octanol–water partition coefficient (Wildman–Crippen LogP) is 2.04. The van der Waals surface area contributed by atoms with Gasteiger partial charge in [-0.3, -0.25) is 4.79 Å². The molecule has 0 amide bonds. The predicted molar refractivity (Wildman–Crippen MR) is 74.7 cm³/mol.